The molecular formula is C21H24ClNO4. The molecule has 0 aliphatic rings. The Hall–Kier alpha value is -2.53. The number of hydrogen-bond acceptors (Lipinski definition) is 3. The van der Waals surface area contributed by atoms with Crippen molar-refractivity contribution in [3.8, 4) is 5.75 Å². The van der Waals surface area contributed by atoms with E-state index in [4.69, 9.17) is 21.4 Å². The highest BCUT2D eigenvalue weighted by atomic mass is 35.5. The Morgan fingerprint density at radius 3 is 2.48 bits per heavy atom. The third-order valence-electron chi connectivity index (χ3n) is 4.02. The Morgan fingerprint density at radius 1 is 1.11 bits per heavy atom. The molecule has 2 aromatic carbocycles. The van der Waals surface area contributed by atoms with Crippen LogP contribution >= 0.6 is 11.6 Å². The smallest absolute Gasteiger partial charge is 0.307 e. The lowest BCUT2D eigenvalue weighted by atomic mass is 10.1. The zero-order chi connectivity index (χ0) is 19.6. The van der Waals surface area contributed by atoms with E-state index >= 15 is 0 Å². The number of halogens is 1. The SMILES string of the molecule is CCCCOc1ccc(Cl)cc1C(=O)NCCc1ccc(CC(=O)O)cc1. The molecule has 0 spiro atoms. The molecule has 27 heavy (non-hydrogen) atoms. The quantitative estimate of drug-likeness (QED) is 0.599. The number of carbonyl (C=O) groups is 2. The van der Waals surface area contributed by atoms with Gasteiger partial charge >= 0.3 is 5.97 Å². The highest BCUT2D eigenvalue weighted by Gasteiger charge is 2.13. The molecule has 2 rings (SSSR count). The van der Waals surface area contributed by atoms with E-state index in [1.54, 1.807) is 30.3 Å². The summed E-state index contributed by atoms with van der Waals surface area (Å²) in [5, 5.41) is 12.2. The fraction of sp³-hybridized carbons (Fsp3) is 0.333. The van der Waals surface area contributed by atoms with Gasteiger partial charge < -0.3 is 15.2 Å². The molecular weight excluding hydrogens is 366 g/mol. The lowest BCUT2D eigenvalue weighted by molar-refractivity contribution is -0.136. The molecule has 2 aromatic rings. The summed E-state index contributed by atoms with van der Waals surface area (Å²) in [5.74, 6) is -0.552. The Bertz CT molecular complexity index is 774. The Morgan fingerprint density at radius 2 is 1.81 bits per heavy atom. The van der Waals surface area contributed by atoms with Gasteiger partial charge in [-0.1, -0.05) is 49.2 Å². The molecule has 0 atom stereocenters. The standard InChI is InChI=1S/C21H24ClNO4/c1-2-3-12-27-19-9-8-17(22)14-18(19)21(26)23-11-10-15-4-6-16(7-5-15)13-20(24)25/h4-9,14H,2-3,10-13H2,1H3,(H,23,26)(H,24,25). The van der Waals surface area contributed by atoms with E-state index in [0.717, 1.165) is 24.0 Å². The number of aliphatic carboxylic acids is 1. The monoisotopic (exact) mass is 389 g/mol. The zero-order valence-electron chi connectivity index (χ0n) is 15.3. The first-order chi connectivity index (χ1) is 13.0. The van der Waals surface area contributed by atoms with Crippen LogP contribution in [0.2, 0.25) is 5.02 Å². The van der Waals surface area contributed by atoms with E-state index in [1.165, 1.54) is 0 Å². The maximum absolute atomic E-state index is 12.5. The summed E-state index contributed by atoms with van der Waals surface area (Å²) in [6, 6.07) is 12.4. The van der Waals surface area contributed by atoms with Crippen LogP contribution in [0, 0.1) is 0 Å². The Balaban J connectivity index is 1.91. The minimum Gasteiger partial charge on any atom is -0.493 e. The van der Waals surface area contributed by atoms with Crippen LogP contribution in [0.25, 0.3) is 0 Å². The van der Waals surface area contributed by atoms with Crippen molar-refractivity contribution in [2.75, 3.05) is 13.2 Å². The van der Waals surface area contributed by atoms with Crippen molar-refractivity contribution in [1.29, 1.82) is 0 Å². The van der Waals surface area contributed by atoms with Crippen molar-refractivity contribution >= 4 is 23.5 Å². The van der Waals surface area contributed by atoms with Crippen molar-refractivity contribution in [2.24, 2.45) is 0 Å². The van der Waals surface area contributed by atoms with E-state index in [-0.39, 0.29) is 12.3 Å². The number of carbonyl (C=O) groups excluding carboxylic acids is 1. The first-order valence-corrected chi connectivity index (χ1v) is 9.37. The van der Waals surface area contributed by atoms with Crippen LogP contribution in [0.3, 0.4) is 0 Å². The van der Waals surface area contributed by atoms with Gasteiger partial charge in [0, 0.05) is 11.6 Å². The van der Waals surface area contributed by atoms with Gasteiger partial charge in [0.05, 0.1) is 18.6 Å². The third kappa shape index (κ3) is 6.94. The molecule has 144 valence electrons. The van der Waals surface area contributed by atoms with Crippen LogP contribution in [-0.2, 0) is 17.6 Å². The molecule has 2 N–H and O–H groups in total. The lowest BCUT2D eigenvalue weighted by Crippen LogP contribution is -2.26. The molecule has 0 fully saturated rings. The second-order valence-corrected chi connectivity index (χ2v) is 6.67. The first kappa shape index (κ1) is 20.8. The van der Waals surface area contributed by atoms with Gasteiger partial charge in [-0.3, -0.25) is 9.59 Å². The molecule has 0 unspecified atom stereocenters. The summed E-state index contributed by atoms with van der Waals surface area (Å²) in [4.78, 5) is 23.2. The van der Waals surface area contributed by atoms with E-state index in [9.17, 15) is 9.59 Å². The van der Waals surface area contributed by atoms with Crippen molar-refractivity contribution in [3.05, 3.63) is 64.2 Å². The predicted octanol–water partition coefficient (Wildman–Crippen LogP) is 4.12. The molecule has 5 nitrogen and oxygen atoms in total. The number of unbranched alkanes of at least 4 members (excludes halogenated alkanes) is 1. The van der Waals surface area contributed by atoms with Gasteiger partial charge in [0.1, 0.15) is 5.75 Å². The number of nitrogens with one attached hydrogen (secondary N) is 1. The van der Waals surface area contributed by atoms with Crippen molar-refractivity contribution < 1.29 is 19.4 Å². The van der Waals surface area contributed by atoms with Gasteiger partial charge in [-0.05, 0) is 42.2 Å². The lowest BCUT2D eigenvalue weighted by Gasteiger charge is -2.12. The van der Waals surface area contributed by atoms with Crippen LogP contribution in [0.1, 0.15) is 41.3 Å². The molecule has 0 aromatic heterocycles. The van der Waals surface area contributed by atoms with E-state index < -0.39 is 5.97 Å². The van der Waals surface area contributed by atoms with Gasteiger partial charge in [-0.2, -0.15) is 0 Å². The molecule has 1 amide bonds. The average Bonchev–Trinajstić information content (AvgIpc) is 2.64. The first-order valence-electron chi connectivity index (χ1n) is 8.99. The van der Waals surface area contributed by atoms with Crippen molar-refractivity contribution in [2.45, 2.75) is 32.6 Å². The molecule has 0 bridgehead atoms. The van der Waals surface area contributed by atoms with Gasteiger partial charge in [-0.15, -0.1) is 0 Å². The van der Waals surface area contributed by atoms with Crippen LogP contribution in [0.15, 0.2) is 42.5 Å². The highest BCUT2D eigenvalue weighted by molar-refractivity contribution is 6.31. The molecule has 0 aliphatic heterocycles. The summed E-state index contributed by atoms with van der Waals surface area (Å²) in [6.07, 6.45) is 2.58. The fourth-order valence-electron chi connectivity index (χ4n) is 2.55. The molecule has 6 heteroatoms. The Labute approximate surface area is 164 Å². The normalized spacial score (nSPS) is 10.4. The largest absolute Gasteiger partial charge is 0.493 e. The number of carboxylic acids is 1. The minimum absolute atomic E-state index is 0.00654. The topological polar surface area (TPSA) is 75.6 Å². The van der Waals surface area contributed by atoms with E-state index in [0.29, 0.717) is 35.9 Å². The van der Waals surface area contributed by atoms with E-state index in [2.05, 4.69) is 12.2 Å². The van der Waals surface area contributed by atoms with Gasteiger partial charge in [-0.25, -0.2) is 0 Å². The second kappa shape index (κ2) is 10.6. The van der Waals surface area contributed by atoms with Crippen LogP contribution in [0.5, 0.6) is 5.75 Å². The van der Waals surface area contributed by atoms with Crippen LogP contribution in [0.4, 0.5) is 0 Å². The maximum Gasteiger partial charge on any atom is 0.307 e. The third-order valence-corrected chi connectivity index (χ3v) is 4.25. The van der Waals surface area contributed by atoms with Gasteiger partial charge in [0.15, 0.2) is 0 Å². The number of hydrogen-bond donors (Lipinski definition) is 2. The summed E-state index contributed by atoms with van der Waals surface area (Å²) in [6.45, 7) is 3.09. The molecule has 0 saturated carbocycles. The number of rotatable bonds is 10. The summed E-state index contributed by atoms with van der Waals surface area (Å²) < 4.78 is 5.70. The van der Waals surface area contributed by atoms with Crippen molar-refractivity contribution in [1.82, 2.24) is 5.32 Å². The highest BCUT2D eigenvalue weighted by Crippen LogP contribution is 2.23. The summed E-state index contributed by atoms with van der Waals surface area (Å²) in [5.41, 5.74) is 2.20. The number of ether oxygens (including phenoxy) is 1. The number of amides is 1. The second-order valence-electron chi connectivity index (χ2n) is 6.24. The fourth-order valence-corrected chi connectivity index (χ4v) is 2.72. The van der Waals surface area contributed by atoms with Crippen LogP contribution < -0.4 is 10.1 Å². The number of benzene rings is 2. The Kier molecular flexibility index (Phi) is 8.14. The van der Waals surface area contributed by atoms with E-state index in [1.807, 2.05) is 12.1 Å². The average molecular weight is 390 g/mol. The maximum atomic E-state index is 12.5. The predicted molar refractivity (Wildman–Crippen MR) is 106 cm³/mol. The molecule has 0 saturated heterocycles. The van der Waals surface area contributed by atoms with Crippen LogP contribution in [-0.4, -0.2) is 30.1 Å². The minimum atomic E-state index is -0.853. The number of carboxylic acid groups (broad SMARTS) is 1. The molecule has 0 aliphatic carbocycles. The molecule has 0 radical (unpaired) electrons. The zero-order valence-corrected chi connectivity index (χ0v) is 16.1. The van der Waals surface area contributed by atoms with Gasteiger partial charge in [0.25, 0.3) is 5.91 Å². The summed E-state index contributed by atoms with van der Waals surface area (Å²) >= 11 is 6.03. The molecule has 0 heterocycles. The van der Waals surface area contributed by atoms with Gasteiger partial charge in [0.2, 0.25) is 0 Å². The summed E-state index contributed by atoms with van der Waals surface area (Å²) in [7, 11) is 0. The van der Waals surface area contributed by atoms with Crippen molar-refractivity contribution in [3.63, 3.8) is 0 Å².